The lowest BCUT2D eigenvalue weighted by Gasteiger charge is -2.14. The Balaban J connectivity index is 3.68. The van der Waals surface area contributed by atoms with Gasteiger partial charge in [-0.3, -0.25) is 24.1 Å². The van der Waals surface area contributed by atoms with Crippen LogP contribution in [0.3, 0.4) is 0 Å². The van der Waals surface area contributed by atoms with E-state index in [-0.39, 0.29) is 103 Å². The smallest absolute Gasteiger partial charge is 0.367 e. The molecule has 0 saturated heterocycles. The fourth-order valence-electron chi connectivity index (χ4n) is 4.58. The summed E-state index contributed by atoms with van der Waals surface area (Å²) in [5, 5.41) is 33.9. The second-order valence-corrected chi connectivity index (χ2v) is 11.6. The van der Waals surface area contributed by atoms with Crippen LogP contribution in [0.25, 0.3) is 0 Å². The van der Waals surface area contributed by atoms with E-state index in [4.69, 9.17) is 29.3 Å². The molecule has 0 fully saturated rings. The molecular formula is C33H59N3O14. The zero-order chi connectivity index (χ0) is 37.1. The summed E-state index contributed by atoms with van der Waals surface area (Å²) >= 11 is 0. The summed E-state index contributed by atoms with van der Waals surface area (Å²) < 4.78 is 20.6. The molecule has 0 aromatic rings. The first-order valence-electron chi connectivity index (χ1n) is 17.6. The van der Waals surface area contributed by atoms with Gasteiger partial charge >= 0.3 is 17.9 Å². The Labute approximate surface area is 294 Å². The summed E-state index contributed by atoms with van der Waals surface area (Å²) in [5.41, 5.74) is 0. The number of hydrogen-bond donors (Lipinski definition) is 6. The molecule has 0 aromatic heterocycles. The Bertz CT molecular complexity index is 937. The molecule has 1 atom stereocenters. The number of carboxylic acid groups (broad SMARTS) is 2. The monoisotopic (exact) mass is 721 g/mol. The minimum absolute atomic E-state index is 0.0318. The first kappa shape index (κ1) is 46.6. The molecule has 0 radical (unpaired) electrons. The molecule has 0 spiro atoms. The van der Waals surface area contributed by atoms with Crippen LogP contribution in [0, 0.1) is 0 Å². The Morgan fingerprint density at radius 3 is 1.46 bits per heavy atom. The zero-order valence-electron chi connectivity index (χ0n) is 29.3. The highest BCUT2D eigenvalue weighted by Crippen LogP contribution is 2.13. The van der Waals surface area contributed by atoms with Crippen LogP contribution in [-0.4, -0.2) is 123 Å². The van der Waals surface area contributed by atoms with Gasteiger partial charge in [0.25, 0.3) is 0 Å². The molecule has 0 aliphatic carbocycles. The first-order valence-corrected chi connectivity index (χ1v) is 17.6. The third-order valence-electron chi connectivity index (χ3n) is 7.27. The molecule has 0 saturated carbocycles. The Morgan fingerprint density at radius 1 is 0.500 bits per heavy atom. The molecule has 290 valence electrons. The number of unbranched alkanes of at least 4 members (excludes halogenated alkanes) is 11. The van der Waals surface area contributed by atoms with E-state index in [1.807, 2.05) is 0 Å². The number of hydrogen-bond acceptors (Lipinski definition) is 12. The first-order chi connectivity index (χ1) is 24.1. The molecular weight excluding hydrogens is 662 g/mol. The van der Waals surface area contributed by atoms with Gasteiger partial charge in [-0.05, 0) is 19.3 Å². The van der Waals surface area contributed by atoms with E-state index in [9.17, 15) is 33.9 Å². The van der Waals surface area contributed by atoms with Crippen molar-refractivity contribution in [1.29, 1.82) is 0 Å². The van der Waals surface area contributed by atoms with Crippen molar-refractivity contribution in [1.82, 2.24) is 16.0 Å². The lowest BCUT2D eigenvalue weighted by Crippen LogP contribution is -2.41. The van der Waals surface area contributed by atoms with Crippen molar-refractivity contribution in [3.8, 4) is 0 Å². The molecule has 3 amide bonds. The second-order valence-electron chi connectivity index (χ2n) is 11.6. The van der Waals surface area contributed by atoms with Crippen molar-refractivity contribution < 1.29 is 68.1 Å². The minimum atomic E-state index is -1.19. The van der Waals surface area contributed by atoms with Crippen LogP contribution < -0.4 is 16.0 Å². The largest absolute Gasteiger partial charge is 0.481 e. The lowest BCUT2D eigenvalue weighted by molar-refractivity contribution is -0.238. The van der Waals surface area contributed by atoms with Gasteiger partial charge in [0.05, 0.1) is 39.6 Å². The average molecular weight is 722 g/mol. The molecule has 0 aliphatic heterocycles. The summed E-state index contributed by atoms with van der Waals surface area (Å²) in [6, 6.07) is -1.14. The summed E-state index contributed by atoms with van der Waals surface area (Å²) in [7, 11) is 0. The minimum Gasteiger partial charge on any atom is -0.481 e. The highest BCUT2D eigenvalue weighted by molar-refractivity contribution is 5.84. The van der Waals surface area contributed by atoms with Crippen LogP contribution in [0.4, 0.5) is 0 Å². The maximum atomic E-state index is 12.2. The average Bonchev–Trinajstić information content (AvgIpc) is 3.08. The summed E-state index contributed by atoms with van der Waals surface area (Å²) in [6.45, 7) is 0.980. The normalized spacial score (nSPS) is 11.5. The fourth-order valence-corrected chi connectivity index (χ4v) is 4.58. The molecule has 0 rings (SSSR count). The van der Waals surface area contributed by atoms with Gasteiger partial charge in [0.1, 0.15) is 19.3 Å². The number of amides is 3. The SMILES string of the molecule is O=C(O)CCCCCCCCCCCCCCC(=O)N[C@@H](CCC(=O)NCCOCCOCC(=O)NCCOCCOCC(=O)OO)C(=O)O. The van der Waals surface area contributed by atoms with Gasteiger partial charge in [0.15, 0.2) is 0 Å². The third kappa shape index (κ3) is 33.1. The van der Waals surface area contributed by atoms with Gasteiger partial charge in [-0.15, -0.1) is 0 Å². The van der Waals surface area contributed by atoms with Gasteiger partial charge in [0, 0.05) is 32.4 Å². The van der Waals surface area contributed by atoms with Gasteiger partial charge in [0.2, 0.25) is 17.7 Å². The van der Waals surface area contributed by atoms with Gasteiger partial charge < -0.3 is 45.1 Å². The predicted octanol–water partition coefficient (Wildman–Crippen LogP) is 2.20. The third-order valence-corrected chi connectivity index (χ3v) is 7.27. The molecule has 6 N–H and O–H groups in total. The number of rotatable bonds is 36. The number of carboxylic acids is 2. The molecule has 0 unspecified atom stereocenters. The molecule has 0 aromatic carbocycles. The van der Waals surface area contributed by atoms with Crippen molar-refractivity contribution in [3.05, 3.63) is 0 Å². The van der Waals surface area contributed by atoms with Crippen LogP contribution in [0.2, 0.25) is 0 Å². The van der Waals surface area contributed by atoms with Crippen molar-refractivity contribution in [2.24, 2.45) is 0 Å². The quantitative estimate of drug-likeness (QED) is 0.0309. The number of ether oxygens (including phenoxy) is 4. The number of aliphatic carboxylic acids is 2. The highest BCUT2D eigenvalue weighted by Gasteiger charge is 2.20. The Morgan fingerprint density at radius 2 is 0.960 bits per heavy atom. The Kier molecular flexibility index (Phi) is 31.8. The topological polar surface area (TPSA) is 245 Å². The molecule has 50 heavy (non-hydrogen) atoms. The molecule has 17 nitrogen and oxygen atoms in total. The predicted molar refractivity (Wildman–Crippen MR) is 179 cm³/mol. The van der Waals surface area contributed by atoms with Crippen LogP contribution in [0.1, 0.15) is 103 Å². The zero-order valence-corrected chi connectivity index (χ0v) is 29.3. The fraction of sp³-hybridized carbons (Fsp3) is 0.818. The van der Waals surface area contributed by atoms with Crippen LogP contribution in [0.5, 0.6) is 0 Å². The summed E-state index contributed by atoms with van der Waals surface area (Å²) in [6.07, 6.45) is 12.7. The number of carbonyl (C=O) groups is 6. The maximum absolute atomic E-state index is 12.2. The van der Waals surface area contributed by atoms with E-state index in [1.165, 1.54) is 19.3 Å². The van der Waals surface area contributed by atoms with Crippen molar-refractivity contribution >= 4 is 35.6 Å². The van der Waals surface area contributed by atoms with Crippen LogP contribution in [0.15, 0.2) is 0 Å². The van der Waals surface area contributed by atoms with Crippen molar-refractivity contribution in [3.63, 3.8) is 0 Å². The lowest BCUT2D eigenvalue weighted by atomic mass is 10.0. The van der Waals surface area contributed by atoms with E-state index >= 15 is 0 Å². The second kappa shape index (κ2) is 34.1. The molecule has 0 heterocycles. The van der Waals surface area contributed by atoms with Crippen LogP contribution in [-0.2, 0) is 52.6 Å². The maximum Gasteiger partial charge on any atom is 0.367 e. The van der Waals surface area contributed by atoms with E-state index < -0.39 is 30.6 Å². The molecule has 17 heteroatoms. The number of nitrogens with one attached hydrogen (secondary N) is 3. The van der Waals surface area contributed by atoms with E-state index in [0.29, 0.717) is 6.42 Å². The van der Waals surface area contributed by atoms with Gasteiger partial charge in [-0.1, -0.05) is 64.2 Å². The summed E-state index contributed by atoms with van der Waals surface area (Å²) in [5.74, 6) is -3.87. The van der Waals surface area contributed by atoms with E-state index in [1.54, 1.807) is 0 Å². The molecule has 0 aliphatic rings. The standard InChI is InChI=1S/C33H59N3O14/c37-28(34-17-19-46-21-23-48-25-30(39)35-18-20-47-22-24-49-26-32(42)50-45)16-15-27(33(43)44)36-29(38)13-11-9-7-5-3-1-2-4-6-8-10-12-14-31(40)41/h27,45H,1-26H2,(H,34,37)(H,35,39)(H,36,38)(H,40,41)(H,43,44)/t27-/m0/s1. The highest BCUT2D eigenvalue weighted by atomic mass is 17.1. The van der Waals surface area contributed by atoms with E-state index in [0.717, 1.165) is 51.4 Å². The van der Waals surface area contributed by atoms with Crippen molar-refractivity contribution in [2.45, 2.75) is 109 Å². The van der Waals surface area contributed by atoms with Crippen LogP contribution >= 0.6 is 0 Å². The van der Waals surface area contributed by atoms with Crippen molar-refractivity contribution in [2.75, 3.05) is 65.9 Å². The van der Waals surface area contributed by atoms with Gasteiger partial charge in [-0.2, -0.15) is 5.26 Å². The Hall–Kier alpha value is -3.38. The molecule has 0 bridgehead atoms. The van der Waals surface area contributed by atoms with Gasteiger partial charge in [-0.25, -0.2) is 9.59 Å². The number of carbonyl (C=O) groups excluding carboxylic acids is 4. The summed E-state index contributed by atoms with van der Waals surface area (Å²) in [4.78, 5) is 72.2. The van der Waals surface area contributed by atoms with E-state index in [2.05, 4.69) is 20.8 Å².